The van der Waals surface area contributed by atoms with Crippen LogP contribution in [0, 0.1) is 0 Å². The van der Waals surface area contributed by atoms with Crippen molar-refractivity contribution in [1.29, 1.82) is 0 Å². The first-order valence-electron chi connectivity index (χ1n) is 12.1. The molecule has 1 aromatic carbocycles. The molecule has 1 aliphatic heterocycles. The summed E-state index contributed by atoms with van der Waals surface area (Å²) in [6, 6.07) is 14.1. The molecule has 3 aromatic heterocycles. The molecule has 1 amide bonds. The van der Waals surface area contributed by atoms with Crippen LogP contribution in [0.1, 0.15) is 44.7 Å². The van der Waals surface area contributed by atoms with Gasteiger partial charge in [0.15, 0.2) is 5.65 Å². The first-order valence-corrected chi connectivity index (χ1v) is 12.8. The Labute approximate surface area is 218 Å². The van der Waals surface area contributed by atoms with Gasteiger partial charge in [0.05, 0.1) is 34.1 Å². The topological polar surface area (TPSA) is 110 Å². The fourth-order valence-corrected chi connectivity index (χ4v) is 5.28. The van der Waals surface area contributed by atoms with Crippen LogP contribution in [-0.2, 0) is 4.79 Å². The molecule has 1 fully saturated rings. The van der Waals surface area contributed by atoms with Crippen LogP contribution in [-0.4, -0.2) is 54.2 Å². The highest BCUT2D eigenvalue weighted by atomic mass is 79.9. The van der Waals surface area contributed by atoms with Crippen molar-refractivity contribution in [3.63, 3.8) is 0 Å². The van der Waals surface area contributed by atoms with Crippen LogP contribution in [0.2, 0.25) is 0 Å². The Balaban J connectivity index is 1.41. The minimum absolute atomic E-state index is 0.0209. The van der Waals surface area contributed by atoms with E-state index in [4.69, 9.17) is 10.7 Å². The van der Waals surface area contributed by atoms with Crippen LogP contribution in [0.25, 0.3) is 28.0 Å². The standard InChI is InChI=1S/C27H29BrN6O2/c1-27(2,36)14-22(35)33-12-10-18(11-13-33)24-23(28)25(29)34-26(32-24)20(16-31-34)19-8-9-21(30-15-19)17-6-4-3-5-7-17/h3-9,15-16,18,36H,10-14,29H2,1-2H3. The van der Waals surface area contributed by atoms with Crippen molar-refractivity contribution in [2.45, 2.75) is 44.6 Å². The quantitative estimate of drug-likeness (QED) is 0.375. The van der Waals surface area contributed by atoms with E-state index < -0.39 is 5.60 Å². The summed E-state index contributed by atoms with van der Waals surface area (Å²) in [4.78, 5) is 24.0. The predicted molar refractivity (Wildman–Crippen MR) is 143 cm³/mol. The van der Waals surface area contributed by atoms with Gasteiger partial charge in [0.2, 0.25) is 5.91 Å². The molecule has 3 N–H and O–H groups in total. The van der Waals surface area contributed by atoms with Crippen molar-refractivity contribution < 1.29 is 9.90 Å². The van der Waals surface area contributed by atoms with E-state index in [-0.39, 0.29) is 18.2 Å². The third-order valence-corrected chi connectivity index (χ3v) is 7.42. The number of benzene rings is 1. The number of pyridine rings is 1. The molecule has 4 aromatic rings. The van der Waals surface area contributed by atoms with Crippen LogP contribution in [0.4, 0.5) is 5.82 Å². The zero-order valence-electron chi connectivity index (χ0n) is 20.4. The average Bonchev–Trinajstić information content (AvgIpc) is 3.30. The Kier molecular flexibility index (Phi) is 6.53. The molecule has 1 aliphatic rings. The molecule has 36 heavy (non-hydrogen) atoms. The number of hydrogen-bond acceptors (Lipinski definition) is 6. The summed E-state index contributed by atoms with van der Waals surface area (Å²) in [5.74, 6) is 0.627. The molecule has 0 spiro atoms. The molecule has 0 unspecified atom stereocenters. The Morgan fingerprint density at radius 3 is 2.47 bits per heavy atom. The summed E-state index contributed by atoms with van der Waals surface area (Å²) in [7, 11) is 0. The van der Waals surface area contributed by atoms with Crippen molar-refractivity contribution in [3.8, 4) is 22.4 Å². The molecule has 0 radical (unpaired) electrons. The number of nitrogen functional groups attached to an aromatic ring is 1. The maximum atomic E-state index is 12.5. The third kappa shape index (κ3) is 4.85. The van der Waals surface area contributed by atoms with Crippen molar-refractivity contribution >= 4 is 33.3 Å². The maximum absolute atomic E-state index is 12.5. The number of aliphatic hydroxyl groups is 1. The minimum Gasteiger partial charge on any atom is -0.390 e. The SMILES string of the molecule is CC(C)(O)CC(=O)N1CCC(c2nc3c(-c4ccc(-c5ccccc5)nc4)cnn3c(N)c2Br)CC1. The monoisotopic (exact) mass is 548 g/mol. The highest BCUT2D eigenvalue weighted by Crippen LogP contribution is 2.37. The van der Waals surface area contributed by atoms with Crippen molar-refractivity contribution in [2.75, 3.05) is 18.8 Å². The number of nitrogens with two attached hydrogens (primary N) is 1. The fourth-order valence-electron chi connectivity index (χ4n) is 4.70. The molecular formula is C27H29BrN6O2. The number of rotatable bonds is 5. The number of fused-ring (bicyclic) bond motifs is 1. The van der Waals surface area contributed by atoms with Crippen molar-refractivity contribution in [2.24, 2.45) is 0 Å². The van der Waals surface area contributed by atoms with Crippen LogP contribution >= 0.6 is 15.9 Å². The summed E-state index contributed by atoms with van der Waals surface area (Å²) < 4.78 is 2.39. The van der Waals surface area contributed by atoms with Gasteiger partial charge in [-0.2, -0.15) is 9.61 Å². The number of aromatic nitrogens is 4. The van der Waals surface area contributed by atoms with Gasteiger partial charge in [-0.3, -0.25) is 9.78 Å². The molecule has 8 nitrogen and oxygen atoms in total. The van der Waals surface area contributed by atoms with E-state index in [0.29, 0.717) is 24.6 Å². The first-order chi connectivity index (χ1) is 17.2. The first kappa shape index (κ1) is 24.4. The number of piperidine rings is 1. The molecule has 5 rings (SSSR count). The Bertz CT molecular complexity index is 1390. The molecular weight excluding hydrogens is 520 g/mol. The lowest BCUT2D eigenvalue weighted by atomic mass is 9.92. The number of hydrogen-bond donors (Lipinski definition) is 2. The van der Waals surface area contributed by atoms with Crippen molar-refractivity contribution in [3.05, 3.63) is 65.0 Å². The van der Waals surface area contributed by atoms with Gasteiger partial charge in [-0.1, -0.05) is 36.4 Å². The number of anilines is 1. The molecule has 9 heteroatoms. The zero-order chi connectivity index (χ0) is 25.4. The largest absolute Gasteiger partial charge is 0.390 e. The van der Waals surface area contributed by atoms with Gasteiger partial charge in [-0.15, -0.1) is 0 Å². The van der Waals surface area contributed by atoms with Crippen LogP contribution in [0.15, 0.2) is 59.3 Å². The molecule has 4 heterocycles. The third-order valence-electron chi connectivity index (χ3n) is 6.61. The molecule has 0 atom stereocenters. The van der Waals surface area contributed by atoms with Gasteiger partial charge in [0.25, 0.3) is 0 Å². The second kappa shape index (κ2) is 9.63. The summed E-state index contributed by atoms with van der Waals surface area (Å²) in [6.45, 7) is 4.56. The lowest BCUT2D eigenvalue weighted by molar-refractivity contribution is -0.136. The average molecular weight is 549 g/mol. The predicted octanol–water partition coefficient (Wildman–Crippen LogP) is 4.67. The summed E-state index contributed by atoms with van der Waals surface area (Å²) in [6.07, 6.45) is 5.28. The van der Waals surface area contributed by atoms with Gasteiger partial charge in [0, 0.05) is 41.9 Å². The number of carbonyl (C=O) groups excluding carboxylic acids is 1. The van der Waals surface area contributed by atoms with Crippen LogP contribution < -0.4 is 5.73 Å². The van der Waals surface area contributed by atoms with Crippen LogP contribution in [0.3, 0.4) is 0 Å². The van der Waals surface area contributed by atoms with E-state index in [1.165, 1.54) is 0 Å². The van der Waals surface area contributed by atoms with E-state index in [2.05, 4.69) is 26.0 Å². The fraction of sp³-hybridized carbons (Fsp3) is 0.333. The Hall–Kier alpha value is -3.30. The van der Waals surface area contributed by atoms with Gasteiger partial charge < -0.3 is 15.7 Å². The Morgan fingerprint density at radius 1 is 1.11 bits per heavy atom. The van der Waals surface area contributed by atoms with Gasteiger partial charge >= 0.3 is 0 Å². The zero-order valence-corrected chi connectivity index (χ0v) is 21.9. The smallest absolute Gasteiger partial charge is 0.225 e. The summed E-state index contributed by atoms with van der Waals surface area (Å²) in [5.41, 5.74) is 10.8. The van der Waals surface area contributed by atoms with E-state index in [0.717, 1.165) is 45.4 Å². The number of likely N-dealkylation sites (tertiary alicyclic amines) is 1. The molecule has 0 saturated carbocycles. The second-order valence-electron chi connectivity index (χ2n) is 9.93. The second-order valence-corrected chi connectivity index (χ2v) is 10.7. The lowest BCUT2D eigenvalue weighted by Crippen LogP contribution is -2.41. The number of amides is 1. The van der Waals surface area contributed by atoms with E-state index in [9.17, 15) is 9.90 Å². The number of halogens is 1. The van der Waals surface area contributed by atoms with Crippen molar-refractivity contribution in [1.82, 2.24) is 24.5 Å². The minimum atomic E-state index is -1.01. The number of carbonyl (C=O) groups is 1. The summed E-state index contributed by atoms with van der Waals surface area (Å²) in [5, 5.41) is 14.5. The summed E-state index contributed by atoms with van der Waals surface area (Å²) >= 11 is 3.65. The molecule has 0 aliphatic carbocycles. The highest BCUT2D eigenvalue weighted by molar-refractivity contribution is 9.10. The molecule has 0 bridgehead atoms. The van der Waals surface area contributed by atoms with Gasteiger partial charge in [-0.05, 0) is 48.7 Å². The van der Waals surface area contributed by atoms with E-state index >= 15 is 0 Å². The van der Waals surface area contributed by atoms with Crippen LogP contribution in [0.5, 0.6) is 0 Å². The number of nitrogens with zero attached hydrogens (tertiary/aromatic N) is 5. The highest BCUT2D eigenvalue weighted by Gasteiger charge is 2.30. The Morgan fingerprint density at radius 2 is 1.83 bits per heavy atom. The molecule has 186 valence electrons. The van der Waals surface area contributed by atoms with Gasteiger partial charge in [0.1, 0.15) is 5.82 Å². The maximum Gasteiger partial charge on any atom is 0.225 e. The molecule has 1 saturated heterocycles. The van der Waals surface area contributed by atoms with Gasteiger partial charge in [-0.25, -0.2) is 4.98 Å². The normalized spacial score (nSPS) is 14.9. The van der Waals surface area contributed by atoms with E-state index in [1.807, 2.05) is 53.6 Å². The van der Waals surface area contributed by atoms with E-state index in [1.54, 1.807) is 24.6 Å². The lowest BCUT2D eigenvalue weighted by Gasteiger charge is -2.33.